The number of urea groups is 1. The lowest BCUT2D eigenvalue weighted by atomic mass is 10.0. The maximum Gasteiger partial charge on any atom is 0.325 e. The van der Waals surface area contributed by atoms with Crippen molar-refractivity contribution < 1.29 is 19.1 Å². The van der Waals surface area contributed by atoms with Gasteiger partial charge in [-0.1, -0.05) is 42.5 Å². The molecule has 0 aromatic heterocycles. The third kappa shape index (κ3) is 5.01. The fraction of sp³-hybridized carbons (Fsp3) is 0.208. The van der Waals surface area contributed by atoms with Crippen LogP contribution in [0.3, 0.4) is 0 Å². The van der Waals surface area contributed by atoms with Crippen LogP contribution in [0, 0.1) is 13.8 Å². The molecule has 0 unspecified atom stereocenters. The van der Waals surface area contributed by atoms with E-state index in [1.807, 2.05) is 56.3 Å². The lowest BCUT2D eigenvalue weighted by molar-refractivity contribution is -0.141. The van der Waals surface area contributed by atoms with Crippen LogP contribution >= 0.6 is 0 Å². The van der Waals surface area contributed by atoms with E-state index in [0.29, 0.717) is 5.69 Å². The van der Waals surface area contributed by atoms with E-state index in [-0.39, 0.29) is 12.1 Å². The summed E-state index contributed by atoms with van der Waals surface area (Å²) in [5.41, 5.74) is 3.22. The van der Waals surface area contributed by atoms with Crippen molar-refractivity contribution in [3.8, 4) is 0 Å². The maximum atomic E-state index is 13.1. The number of amides is 3. The van der Waals surface area contributed by atoms with Crippen LogP contribution < -0.4 is 10.6 Å². The number of fused-ring (bicyclic) bond motifs is 1. The zero-order valence-electron chi connectivity index (χ0n) is 18.0. The summed E-state index contributed by atoms with van der Waals surface area (Å²) in [7, 11) is 2.77. The molecule has 0 bridgehead atoms. The summed E-state index contributed by atoms with van der Waals surface area (Å²) in [5, 5.41) is 7.38. The monoisotopic (exact) mass is 419 g/mol. The largest absolute Gasteiger partial charge is 0.468 e. The molecule has 3 aromatic rings. The molecular weight excluding hydrogens is 394 g/mol. The van der Waals surface area contributed by atoms with E-state index >= 15 is 0 Å². The van der Waals surface area contributed by atoms with Crippen molar-refractivity contribution >= 4 is 40.1 Å². The van der Waals surface area contributed by atoms with Gasteiger partial charge in [-0.2, -0.15) is 0 Å². The van der Waals surface area contributed by atoms with E-state index in [9.17, 15) is 14.4 Å². The van der Waals surface area contributed by atoms with Gasteiger partial charge in [0.2, 0.25) is 0 Å². The summed E-state index contributed by atoms with van der Waals surface area (Å²) >= 11 is 0. The summed E-state index contributed by atoms with van der Waals surface area (Å²) in [6.07, 6.45) is 0. The van der Waals surface area contributed by atoms with Gasteiger partial charge in [-0.3, -0.25) is 9.59 Å². The number of esters is 1. The Morgan fingerprint density at radius 3 is 2.13 bits per heavy atom. The predicted molar refractivity (Wildman–Crippen MR) is 121 cm³/mol. The molecule has 0 atom stereocenters. The Balaban J connectivity index is 1.94. The van der Waals surface area contributed by atoms with Crippen LogP contribution in [0.5, 0.6) is 0 Å². The minimum atomic E-state index is -0.529. The number of nitrogens with zero attached hydrogens (tertiary/aromatic N) is 1. The van der Waals surface area contributed by atoms with Crippen molar-refractivity contribution in [3.05, 3.63) is 71.3 Å². The molecule has 0 fully saturated rings. The van der Waals surface area contributed by atoms with Crippen LogP contribution in [0.2, 0.25) is 0 Å². The molecular formula is C24H25N3O4. The number of likely N-dealkylation sites (N-methyl/N-ethyl adjacent to an activating group) is 1. The molecule has 0 aliphatic carbocycles. The first kappa shape index (κ1) is 21.8. The van der Waals surface area contributed by atoms with Gasteiger partial charge >= 0.3 is 12.0 Å². The smallest absolute Gasteiger partial charge is 0.325 e. The molecule has 0 aliphatic rings. The molecule has 0 saturated carbocycles. The molecule has 0 heterocycles. The van der Waals surface area contributed by atoms with E-state index in [2.05, 4.69) is 15.4 Å². The molecule has 0 radical (unpaired) electrons. The number of anilines is 2. The number of hydrogen-bond donors (Lipinski definition) is 2. The second-order valence-corrected chi connectivity index (χ2v) is 7.33. The van der Waals surface area contributed by atoms with Gasteiger partial charge in [0.15, 0.2) is 0 Å². The quantitative estimate of drug-likeness (QED) is 0.602. The molecule has 160 valence electrons. The Bertz CT molecular complexity index is 1140. The lowest BCUT2D eigenvalue weighted by Gasteiger charge is -2.19. The highest BCUT2D eigenvalue weighted by atomic mass is 16.5. The predicted octanol–water partition coefficient (Wildman–Crippen LogP) is 4.35. The molecule has 0 aliphatic heterocycles. The van der Waals surface area contributed by atoms with Crippen molar-refractivity contribution in [1.82, 2.24) is 4.90 Å². The zero-order chi connectivity index (χ0) is 22.5. The number of benzene rings is 3. The van der Waals surface area contributed by atoms with Crippen LogP contribution in [-0.2, 0) is 9.53 Å². The third-order valence-electron chi connectivity index (χ3n) is 5.02. The number of para-hydroxylation sites is 1. The second kappa shape index (κ2) is 9.30. The Hall–Kier alpha value is -3.87. The van der Waals surface area contributed by atoms with E-state index < -0.39 is 17.9 Å². The SMILES string of the molecule is COC(=O)CN(C)C(=O)c1cc2ccccc2cc1NC(=O)Nc1c(C)cccc1C. The number of carbonyl (C=O) groups excluding carboxylic acids is 3. The number of ether oxygens (including phenoxy) is 1. The Morgan fingerprint density at radius 1 is 0.903 bits per heavy atom. The van der Waals surface area contributed by atoms with Crippen LogP contribution in [0.4, 0.5) is 16.2 Å². The lowest BCUT2D eigenvalue weighted by Crippen LogP contribution is -2.33. The van der Waals surface area contributed by atoms with Crippen molar-refractivity contribution in [1.29, 1.82) is 0 Å². The van der Waals surface area contributed by atoms with Crippen LogP contribution in [0.1, 0.15) is 21.5 Å². The molecule has 0 spiro atoms. The first-order valence-corrected chi connectivity index (χ1v) is 9.79. The molecule has 2 N–H and O–H groups in total. The molecule has 3 rings (SSSR count). The number of rotatable bonds is 5. The number of hydrogen-bond acceptors (Lipinski definition) is 4. The summed E-state index contributed by atoms with van der Waals surface area (Å²) in [4.78, 5) is 38.7. The van der Waals surface area contributed by atoms with Gasteiger partial charge in [-0.05, 0) is 47.9 Å². The van der Waals surface area contributed by atoms with Crippen molar-refractivity contribution in [2.24, 2.45) is 0 Å². The molecule has 0 saturated heterocycles. The average Bonchev–Trinajstić information content (AvgIpc) is 2.75. The average molecular weight is 419 g/mol. The molecule has 7 nitrogen and oxygen atoms in total. The van der Waals surface area contributed by atoms with E-state index in [0.717, 1.165) is 27.6 Å². The fourth-order valence-electron chi connectivity index (χ4n) is 3.34. The zero-order valence-corrected chi connectivity index (χ0v) is 18.0. The molecule has 31 heavy (non-hydrogen) atoms. The van der Waals surface area contributed by atoms with Crippen molar-refractivity contribution in [2.75, 3.05) is 31.3 Å². The normalized spacial score (nSPS) is 10.5. The highest BCUT2D eigenvalue weighted by Crippen LogP contribution is 2.26. The number of methoxy groups -OCH3 is 1. The number of aryl methyl sites for hydroxylation is 2. The van der Waals surface area contributed by atoms with Crippen molar-refractivity contribution in [3.63, 3.8) is 0 Å². The fourth-order valence-corrected chi connectivity index (χ4v) is 3.34. The van der Waals surface area contributed by atoms with Gasteiger partial charge < -0.3 is 20.3 Å². The third-order valence-corrected chi connectivity index (χ3v) is 5.02. The van der Waals surface area contributed by atoms with Gasteiger partial charge in [-0.15, -0.1) is 0 Å². The van der Waals surface area contributed by atoms with Crippen LogP contribution in [-0.4, -0.2) is 43.5 Å². The maximum absolute atomic E-state index is 13.1. The van der Waals surface area contributed by atoms with E-state index in [4.69, 9.17) is 0 Å². The highest BCUT2D eigenvalue weighted by Gasteiger charge is 2.21. The Morgan fingerprint density at radius 2 is 1.52 bits per heavy atom. The molecule has 3 aromatic carbocycles. The van der Waals surface area contributed by atoms with Crippen LogP contribution in [0.25, 0.3) is 10.8 Å². The summed E-state index contributed by atoms with van der Waals surface area (Å²) in [5.74, 6) is -0.933. The minimum Gasteiger partial charge on any atom is -0.468 e. The summed E-state index contributed by atoms with van der Waals surface area (Å²) < 4.78 is 4.65. The summed E-state index contributed by atoms with van der Waals surface area (Å²) in [6.45, 7) is 3.63. The van der Waals surface area contributed by atoms with Gasteiger partial charge in [0, 0.05) is 12.7 Å². The standard InChI is InChI=1S/C24H25N3O4/c1-15-8-7-9-16(2)22(15)26-24(30)25-20-13-18-11-6-5-10-17(18)12-19(20)23(29)27(3)14-21(28)31-4/h5-13H,14H2,1-4H3,(H2,25,26,30). The first-order valence-electron chi connectivity index (χ1n) is 9.79. The van der Waals surface area contributed by atoms with Gasteiger partial charge in [-0.25, -0.2) is 4.79 Å². The summed E-state index contributed by atoms with van der Waals surface area (Å²) in [6, 6.07) is 16.3. The van der Waals surface area contributed by atoms with Gasteiger partial charge in [0.1, 0.15) is 6.54 Å². The highest BCUT2D eigenvalue weighted by molar-refractivity contribution is 6.10. The van der Waals surface area contributed by atoms with E-state index in [1.165, 1.54) is 19.1 Å². The van der Waals surface area contributed by atoms with Crippen LogP contribution in [0.15, 0.2) is 54.6 Å². The molecule has 3 amide bonds. The van der Waals surface area contributed by atoms with Gasteiger partial charge in [0.25, 0.3) is 5.91 Å². The Labute approximate surface area is 181 Å². The molecule has 7 heteroatoms. The van der Waals surface area contributed by atoms with E-state index in [1.54, 1.807) is 12.1 Å². The Kier molecular flexibility index (Phi) is 6.55. The van der Waals surface area contributed by atoms with Crippen molar-refractivity contribution in [2.45, 2.75) is 13.8 Å². The minimum absolute atomic E-state index is 0.198. The van der Waals surface area contributed by atoms with Gasteiger partial charge in [0.05, 0.1) is 18.4 Å². The topological polar surface area (TPSA) is 87.7 Å². The number of nitrogens with one attached hydrogen (secondary N) is 2. The first-order chi connectivity index (χ1) is 14.8. The number of carbonyl (C=O) groups is 3. The second-order valence-electron chi connectivity index (χ2n) is 7.33.